The Kier molecular flexibility index (Phi) is 2.31. The Morgan fingerprint density at radius 3 is 2.65 bits per heavy atom. The normalized spacial score (nSPS) is 29.8. The van der Waals surface area contributed by atoms with Crippen molar-refractivity contribution in [2.75, 3.05) is 5.32 Å². The molecule has 0 spiro atoms. The van der Waals surface area contributed by atoms with E-state index < -0.39 is 5.82 Å². The lowest BCUT2D eigenvalue weighted by Crippen LogP contribution is -2.22. The summed E-state index contributed by atoms with van der Waals surface area (Å²) in [4.78, 5) is 11.9. The third kappa shape index (κ3) is 1.99. The van der Waals surface area contributed by atoms with Gasteiger partial charge in [-0.1, -0.05) is 0 Å². The van der Waals surface area contributed by atoms with Gasteiger partial charge in [0.15, 0.2) is 0 Å². The number of hydrogen-bond donors (Lipinski definition) is 2. The van der Waals surface area contributed by atoms with Gasteiger partial charge in [0, 0.05) is 12.0 Å². The highest BCUT2D eigenvalue weighted by Crippen LogP contribution is 2.54. The lowest BCUT2D eigenvalue weighted by atomic mass is 10.0. The average molecular weight is 235 g/mol. The number of carbonyl (C=O) groups excluding carboxylic acids is 1. The summed E-state index contributed by atoms with van der Waals surface area (Å²) in [6, 6.07) is 3.75. The number of phenols is 1. The van der Waals surface area contributed by atoms with E-state index in [9.17, 15) is 9.18 Å². The molecular formula is C13H14FNO2. The number of benzene rings is 1. The number of amides is 1. The van der Waals surface area contributed by atoms with Crippen LogP contribution in [-0.2, 0) is 4.79 Å². The highest BCUT2D eigenvalue weighted by Gasteiger charge is 2.48. The highest BCUT2D eigenvalue weighted by atomic mass is 19.1. The van der Waals surface area contributed by atoms with Crippen molar-refractivity contribution in [2.24, 2.45) is 17.8 Å². The van der Waals surface area contributed by atoms with E-state index in [-0.39, 0.29) is 23.3 Å². The third-order valence-corrected chi connectivity index (χ3v) is 3.82. The van der Waals surface area contributed by atoms with Crippen LogP contribution in [0.5, 0.6) is 5.75 Å². The van der Waals surface area contributed by atoms with Crippen molar-refractivity contribution in [3.63, 3.8) is 0 Å². The van der Waals surface area contributed by atoms with Crippen LogP contribution in [0, 0.1) is 23.6 Å². The van der Waals surface area contributed by atoms with Gasteiger partial charge >= 0.3 is 0 Å². The van der Waals surface area contributed by atoms with Gasteiger partial charge in [0.25, 0.3) is 0 Å². The maximum atomic E-state index is 13.4. The van der Waals surface area contributed by atoms with Crippen LogP contribution in [-0.4, -0.2) is 11.0 Å². The van der Waals surface area contributed by atoms with Gasteiger partial charge in [-0.3, -0.25) is 4.79 Å². The zero-order chi connectivity index (χ0) is 12.0. The van der Waals surface area contributed by atoms with Crippen molar-refractivity contribution in [2.45, 2.75) is 19.3 Å². The van der Waals surface area contributed by atoms with Crippen LogP contribution >= 0.6 is 0 Å². The maximum Gasteiger partial charge on any atom is 0.227 e. The average Bonchev–Trinajstić information content (AvgIpc) is 2.89. The number of halogens is 1. The second-order valence-corrected chi connectivity index (χ2v) is 5.08. The van der Waals surface area contributed by atoms with Crippen LogP contribution in [0.4, 0.5) is 10.1 Å². The van der Waals surface area contributed by atoms with Crippen LogP contribution in [0.25, 0.3) is 0 Å². The summed E-state index contributed by atoms with van der Waals surface area (Å²) in [6.45, 7) is 0. The minimum absolute atomic E-state index is 0.0342. The van der Waals surface area contributed by atoms with Crippen molar-refractivity contribution in [3.8, 4) is 5.75 Å². The molecule has 90 valence electrons. The lowest BCUT2D eigenvalue weighted by Gasteiger charge is -2.12. The molecule has 2 N–H and O–H groups in total. The van der Waals surface area contributed by atoms with E-state index in [0.29, 0.717) is 0 Å². The molecule has 0 radical (unpaired) electrons. The van der Waals surface area contributed by atoms with E-state index in [1.54, 1.807) is 0 Å². The predicted octanol–water partition coefficient (Wildman–Crippen LogP) is 2.52. The number of rotatable bonds is 2. The Bertz CT molecular complexity index is 464. The summed E-state index contributed by atoms with van der Waals surface area (Å²) in [5, 5.41) is 11.7. The topological polar surface area (TPSA) is 49.3 Å². The number of nitrogens with one attached hydrogen (secondary N) is 1. The van der Waals surface area contributed by atoms with Gasteiger partial charge in [0.05, 0.1) is 5.69 Å². The molecular weight excluding hydrogens is 221 g/mol. The lowest BCUT2D eigenvalue weighted by molar-refractivity contribution is -0.120. The van der Waals surface area contributed by atoms with Crippen molar-refractivity contribution in [3.05, 3.63) is 24.0 Å². The SMILES string of the molecule is O=C(Nc1ccc(O)cc1F)C1CC2CC2C1. The molecule has 1 aromatic carbocycles. The molecule has 4 heteroatoms. The van der Waals surface area contributed by atoms with E-state index in [1.807, 2.05) is 0 Å². The first kappa shape index (κ1) is 10.6. The fourth-order valence-electron chi connectivity index (χ4n) is 2.77. The number of carbonyl (C=O) groups is 1. The van der Waals surface area contributed by atoms with Gasteiger partial charge in [-0.05, 0) is 43.2 Å². The molecule has 1 aromatic rings. The first-order valence-electron chi connectivity index (χ1n) is 5.93. The maximum absolute atomic E-state index is 13.4. The van der Waals surface area contributed by atoms with E-state index in [2.05, 4.69) is 5.32 Å². The smallest absolute Gasteiger partial charge is 0.227 e. The van der Waals surface area contributed by atoms with E-state index in [4.69, 9.17) is 5.11 Å². The summed E-state index contributed by atoms with van der Waals surface area (Å²) >= 11 is 0. The number of hydrogen-bond acceptors (Lipinski definition) is 2. The summed E-state index contributed by atoms with van der Waals surface area (Å²) in [5.74, 6) is 0.670. The van der Waals surface area contributed by atoms with Crippen LogP contribution < -0.4 is 5.32 Å². The third-order valence-electron chi connectivity index (χ3n) is 3.82. The first-order valence-corrected chi connectivity index (χ1v) is 5.93. The van der Waals surface area contributed by atoms with Crippen LogP contribution in [0.1, 0.15) is 19.3 Å². The van der Waals surface area contributed by atoms with Crippen LogP contribution in [0.3, 0.4) is 0 Å². The molecule has 0 saturated heterocycles. The summed E-state index contributed by atoms with van der Waals surface area (Å²) in [7, 11) is 0. The largest absolute Gasteiger partial charge is 0.508 e. The van der Waals surface area contributed by atoms with Gasteiger partial charge in [-0.2, -0.15) is 0 Å². The first-order chi connectivity index (χ1) is 8.13. The molecule has 2 aliphatic rings. The van der Waals surface area contributed by atoms with Gasteiger partial charge < -0.3 is 10.4 Å². The summed E-state index contributed by atoms with van der Waals surface area (Å²) in [6.07, 6.45) is 3.14. The molecule has 0 aliphatic heterocycles. The Balaban J connectivity index is 1.67. The van der Waals surface area contributed by atoms with E-state index >= 15 is 0 Å². The fraction of sp³-hybridized carbons (Fsp3) is 0.462. The number of phenolic OH excluding ortho intramolecular Hbond substituents is 1. The number of anilines is 1. The van der Waals surface area contributed by atoms with Gasteiger partial charge in [-0.15, -0.1) is 0 Å². The van der Waals surface area contributed by atoms with Crippen LogP contribution in [0.15, 0.2) is 18.2 Å². The molecule has 0 aromatic heterocycles. The Labute approximate surface area is 98.6 Å². The fourth-order valence-corrected chi connectivity index (χ4v) is 2.77. The zero-order valence-corrected chi connectivity index (χ0v) is 9.32. The van der Waals surface area contributed by atoms with Gasteiger partial charge in [0.2, 0.25) is 5.91 Å². The highest BCUT2D eigenvalue weighted by molar-refractivity contribution is 5.93. The van der Waals surface area contributed by atoms with Crippen molar-refractivity contribution >= 4 is 11.6 Å². The molecule has 0 heterocycles. The second-order valence-electron chi connectivity index (χ2n) is 5.08. The van der Waals surface area contributed by atoms with Crippen molar-refractivity contribution in [1.29, 1.82) is 0 Å². The van der Waals surface area contributed by atoms with Crippen LogP contribution in [0.2, 0.25) is 0 Å². The standard InChI is InChI=1S/C13H14FNO2/c14-11-6-10(16)1-2-12(11)15-13(17)9-4-7-3-8(7)5-9/h1-2,6-9,16H,3-5H2,(H,15,17). The molecule has 0 bridgehead atoms. The Hall–Kier alpha value is -1.58. The molecule has 3 rings (SSSR count). The Morgan fingerprint density at radius 1 is 1.29 bits per heavy atom. The quantitative estimate of drug-likeness (QED) is 0.774. The zero-order valence-electron chi connectivity index (χ0n) is 9.32. The Morgan fingerprint density at radius 2 is 2.00 bits per heavy atom. The molecule has 3 nitrogen and oxygen atoms in total. The molecule has 17 heavy (non-hydrogen) atoms. The summed E-state index contributed by atoms with van der Waals surface area (Å²) < 4.78 is 13.4. The van der Waals surface area contributed by atoms with Crippen molar-refractivity contribution in [1.82, 2.24) is 0 Å². The minimum atomic E-state index is -0.596. The second kappa shape index (κ2) is 3.72. The van der Waals surface area contributed by atoms with Gasteiger partial charge in [-0.25, -0.2) is 4.39 Å². The van der Waals surface area contributed by atoms with E-state index in [0.717, 1.165) is 30.7 Å². The number of aromatic hydroxyl groups is 1. The summed E-state index contributed by atoms with van der Waals surface area (Å²) in [5.41, 5.74) is 0.147. The molecule has 1 amide bonds. The molecule has 2 aliphatic carbocycles. The van der Waals surface area contributed by atoms with Crippen molar-refractivity contribution < 1.29 is 14.3 Å². The molecule has 2 atom stereocenters. The minimum Gasteiger partial charge on any atom is -0.508 e. The van der Waals surface area contributed by atoms with Gasteiger partial charge in [0.1, 0.15) is 11.6 Å². The number of fused-ring (bicyclic) bond motifs is 1. The molecule has 2 saturated carbocycles. The predicted molar refractivity (Wildman–Crippen MR) is 61.0 cm³/mol. The monoisotopic (exact) mass is 235 g/mol. The molecule has 2 unspecified atom stereocenters. The molecule has 2 fully saturated rings. The van der Waals surface area contributed by atoms with E-state index in [1.165, 1.54) is 18.6 Å².